The van der Waals surface area contributed by atoms with Gasteiger partial charge in [-0.05, 0) is 31.2 Å². The Morgan fingerprint density at radius 3 is 2.47 bits per heavy atom. The van der Waals surface area contributed by atoms with E-state index in [0.29, 0.717) is 0 Å². The van der Waals surface area contributed by atoms with Gasteiger partial charge in [0.25, 0.3) is 0 Å². The van der Waals surface area contributed by atoms with Crippen LogP contribution in [0.4, 0.5) is 17.5 Å². The number of piperazine rings is 1. The topological polar surface area (TPSA) is 71.2 Å². The van der Waals surface area contributed by atoms with Crippen molar-refractivity contribution >= 4 is 17.5 Å². The van der Waals surface area contributed by atoms with E-state index >= 15 is 0 Å². The number of aryl methyl sites for hydroxylation is 1. The first kappa shape index (κ1) is 19.3. The predicted octanol–water partition coefficient (Wildman–Crippen LogP) is 2.47. The third kappa shape index (κ3) is 4.04. The predicted molar refractivity (Wildman–Crippen MR) is 120 cm³/mol. The maximum Gasteiger partial charge on any atom is 0.222 e. The Bertz CT molecular complexity index is 1150. The van der Waals surface area contributed by atoms with Crippen LogP contribution in [-0.2, 0) is 0 Å². The standard InChI is InChI=1S/C24H22N6/c1-3-20-8-4-5-9-22(20)29-13-15-30(16-14-29)23-21(18(2)27-24(25)28-23)11-10-19-7-6-12-26-17-19/h1,4-9,12,17H,13-16H2,2H3,(H2,25,27,28). The Balaban J connectivity index is 1.59. The summed E-state index contributed by atoms with van der Waals surface area (Å²) in [4.78, 5) is 17.5. The molecule has 1 aliphatic heterocycles. The molecule has 148 valence electrons. The number of nitrogens with zero attached hydrogens (tertiary/aromatic N) is 5. The molecule has 2 N–H and O–H groups in total. The highest BCUT2D eigenvalue weighted by atomic mass is 15.3. The van der Waals surface area contributed by atoms with Gasteiger partial charge < -0.3 is 15.5 Å². The van der Waals surface area contributed by atoms with Gasteiger partial charge in [-0.25, -0.2) is 4.98 Å². The van der Waals surface area contributed by atoms with E-state index < -0.39 is 0 Å². The lowest BCUT2D eigenvalue weighted by atomic mass is 10.1. The number of hydrogen-bond donors (Lipinski definition) is 1. The Kier molecular flexibility index (Phi) is 5.50. The Hall–Kier alpha value is -4.03. The van der Waals surface area contributed by atoms with Crippen molar-refractivity contribution in [2.45, 2.75) is 6.92 Å². The lowest BCUT2D eigenvalue weighted by Crippen LogP contribution is -2.47. The minimum atomic E-state index is 0.259. The molecule has 0 saturated carbocycles. The van der Waals surface area contributed by atoms with Crippen molar-refractivity contribution in [3.63, 3.8) is 0 Å². The molecule has 1 saturated heterocycles. The largest absolute Gasteiger partial charge is 0.368 e. The number of anilines is 3. The Morgan fingerprint density at radius 1 is 0.967 bits per heavy atom. The molecule has 3 heterocycles. The van der Waals surface area contributed by atoms with Gasteiger partial charge in [-0.15, -0.1) is 6.42 Å². The molecule has 0 aliphatic carbocycles. The van der Waals surface area contributed by atoms with Crippen molar-refractivity contribution in [1.82, 2.24) is 15.0 Å². The van der Waals surface area contributed by atoms with Crippen molar-refractivity contribution in [3.8, 4) is 24.2 Å². The fourth-order valence-electron chi connectivity index (χ4n) is 3.56. The third-order valence-electron chi connectivity index (χ3n) is 5.06. The minimum absolute atomic E-state index is 0.259. The second-order valence-electron chi connectivity index (χ2n) is 6.99. The quantitative estimate of drug-likeness (QED) is 0.674. The second kappa shape index (κ2) is 8.55. The number of aromatic nitrogens is 3. The summed E-state index contributed by atoms with van der Waals surface area (Å²) in [6.45, 7) is 5.15. The van der Waals surface area contributed by atoms with Gasteiger partial charge in [0.05, 0.1) is 16.9 Å². The van der Waals surface area contributed by atoms with Crippen molar-refractivity contribution < 1.29 is 0 Å². The second-order valence-corrected chi connectivity index (χ2v) is 6.99. The molecular formula is C24H22N6. The SMILES string of the molecule is C#Cc1ccccc1N1CCN(c2nc(N)nc(C)c2C#Cc2cccnc2)CC1. The average Bonchev–Trinajstić information content (AvgIpc) is 2.79. The van der Waals surface area contributed by atoms with Crippen molar-refractivity contribution in [2.24, 2.45) is 0 Å². The highest BCUT2D eigenvalue weighted by Crippen LogP contribution is 2.25. The third-order valence-corrected chi connectivity index (χ3v) is 5.06. The van der Waals surface area contributed by atoms with Crippen molar-refractivity contribution in [3.05, 3.63) is 71.2 Å². The fourth-order valence-corrected chi connectivity index (χ4v) is 3.56. The molecule has 0 atom stereocenters. The lowest BCUT2D eigenvalue weighted by molar-refractivity contribution is 0.646. The smallest absolute Gasteiger partial charge is 0.222 e. The number of nitrogen functional groups attached to an aromatic ring is 1. The zero-order chi connectivity index (χ0) is 20.9. The molecule has 1 aromatic carbocycles. The van der Waals surface area contributed by atoms with Crippen molar-refractivity contribution in [2.75, 3.05) is 41.7 Å². The molecule has 6 heteroatoms. The van der Waals surface area contributed by atoms with E-state index in [9.17, 15) is 0 Å². The van der Waals surface area contributed by atoms with Gasteiger partial charge in [-0.1, -0.05) is 29.9 Å². The molecule has 0 bridgehead atoms. The van der Waals surface area contributed by atoms with Crippen LogP contribution in [0.25, 0.3) is 0 Å². The molecule has 2 aromatic heterocycles. The van der Waals surface area contributed by atoms with Gasteiger partial charge in [0.15, 0.2) is 0 Å². The van der Waals surface area contributed by atoms with Gasteiger partial charge in [0, 0.05) is 49.7 Å². The molecular weight excluding hydrogens is 372 g/mol. The summed E-state index contributed by atoms with van der Waals surface area (Å²) < 4.78 is 0. The first-order valence-corrected chi connectivity index (χ1v) is 9.77. The van der Waals surface area contributed by atoms with Crippen LogP contribution in [0.1, 0.15) is 22.4 Å². The summed E-state index contributed by atoms with van der Waals surface area (Å²) in [5, 5.41) is 0. The average molecular weight is 394 g/mol. The van der Waals surface area contributed by atoms with Gasteiger partial charge in [-0.3, -0.25) is 4.98 Å². The van der Waals surface area contributed by atoms with Crippen LogP contribution in [0.15, 0.2) is 48.8 Å². The fraction of sp³-hybridized carbons (Fsp3) is 0.208. The van der Waals surface area contributed by atoms with E-state index in [0.717, 1.165) is 60.1 Å². The minimum Gasteiger partial charge on any atom is -0.368 e. The van der Waals surface area contributed by atoms with Gasteiger partial charge >= 0.3 is 0 Å². The van der Waals surface area contributed by atoms with E-state index in [1.165, 1.54) is 0 Å². The number of rotatable bonds is 2. The molecule has 6 nitrogen and oxygen atoms in total. The summed E-state index contributed by atoms with van der Waals surface area (Å²) >= 11 is 0. The van der Waals surface area contributed by atoms with Crippen LogP contribution in [-0.4, -0.2) is 41.1 Å². The van der Waals surface area contributed by atoms with Crippen LogP contribution in [0.5, 0.6) is 0 Å². The Labute approximate surface area is 176 Å². The molecule has 1 fully saturated rings. The molecule has 0 unspecified atom stereocenters. The van der Waals surface area contributed by atoms with E-state index in [4.69, 9.17) is 12.2 Å². The first-order chi connectivity index (χ1) is 14.7. The van der Waals surface area contributed by atoms with E-state index in [1.54, 1.807) is 12.4 Å². The van der Waals surface area contributed by atoms with E-state index in [2.05, 4.69) is 48.6 Å². The molecule has 0 radical (unpaired) electrons. The molecule has 0 amide bonds. The van der Waals surface area contributed by atoms with Crippen LogP contribution in [0, 0.1) is 31.1 Å². The normalized spacial score (nSPS) is 13.3. The number of hydrogen-bond acceptors (Lipinski definition) is 6. The number of benzene rings is 1. The van der Waals surface area contributed by atoms with Crippen LogP contribution in [0.2, 0.25) is 0 Å². The van der Waals surface area contributed by atoms with Crippen LogP contribution >= 0.6 is 0 Å². The maximum absolute atomic E-state index is 5.96. The zero-order valence-corrected chi connectivity index (χ0v) is 16.8. The van der Waals surface area contributed by atoms with Gasteiger partial charge in [0.2, 0.25) is 5.95 Å². The molecule has 3 aromatic rings. The van der Waals surface area contributed by atoms with Gasteiger partial charge in [0.1, 0.15) is 5.82 Å². The lowest BCUT2D eigenvalue weighted by Gasteiger charge is -2.37. The summed E-state index contributed by atoms with van der Waals surface area (Å²) in [6.07, 6.45) is 9.14. The molecule has 0 spiro atoms. The zero-order valence-electron chi connectivity index (χ0n) is 16.8. The summed E-state index contributed by atoms with van der Waals surface area (Å²) in [7, 11) is 0. The summed E-state index contributed by atoms with van der Waals surface area (Å²) in [5.41, 5.74) is 10.4. The van der Waals surface area contributed by atoms with Crippen LogP contribution < -0.4 is 15.5 Å². The maximum atomic E-state index is 5.96. The number of para-hydroxylation sites is 1. The highest BCUT2D eigenvalue weighted by Gasteiger charge is 2.23. The van der Waals surface area contributed by atoms with Crippen molar-refractivity contribution in [1.29, 1.82) is 0 Å². The molecule has 4 rings (SSSR count). The summed E-state index contributed by atoms with van der Waals surface area (Å²) in [6, 6.07) is 11.8. The first-order valence-electron chi connectivity index (χ1n) is 9.77. The monoisotopic (exact) mass is 394 g/mol. The number of nitrogens with two attached hydrogens (primary N) is 1. The van der Waals surface area contributed by atoms with Crippen LogP contribution in [0.3, 0.4) is 0 Å². The Morgan fingerprint density at radius 2 is 1.73 bits per heavy atom. The summed E-state index contributed by atoms with van der Waals surface area (Å²) in [5.74, 6) is 10.2. The number of terminal acetylenes is 1. The number of pyridine rings is 1. The molecule has 1 aliphatic rings. The van der Waals surface area contributed by atoms with E-state index in [1.807, 2.05) is 37.3 Å². The molecule has 30 heavy (non-hydrogen) atoms. The van der Waals surface area contributed by atoms with E-state index in [-0.39, 0.29) is 5.95 Å². The van der Waals surface area contributed by atoms with Gasteiger partial charge in [-0.2, -0.15) is 4.98 Å². The highest BCUT2D eigenvalue weighted by molar-refractivity contribution is 5.64.